The summed E-state index contributed by atoms with van der Waals surface area (Å²) in [6, 6.07) is 3.90. The largest absolute Gasteiger partial charge is 0.371 e. The highest BCUT2D eigenvalue weighted by molar-refractivity contribution is 5.43. The third-order valence-electron chi connectivity index (χ3n) is 3.53. The number of anilines is 1. The van der Waals surface area contributed by atoms with E-state index in [1.807, 2.05) is 0 Å². The Morgan fingerprint density at radius 1 is 1.44 bits per heavy atom. The molecule has 5 heteroatoms. The highest BCUT2D eigenvalue weighted by atomic mass is 16.5. The van der Waals surface area contributed by atoms with Crippen LogP contribution in [0.5, 0.6) is 0 Å². The van der Waals surface area contributed by atoms with Crippen molar-refractivity contribution in [1.82, 2.24) is 10.2 Å². The molecule has 0 spiro atoms. The Bertz CT molecular complexity index is 480. The molecule has 2 fully saturated rings. The van der Waals surface area contributed by atoms with Crippen LogP contribution in [0.2, 0.25) is 0 Å². The molecular weight excluding hydrogens is 228 g/mol. The van der Waals surface area contributed by atoms with E-state index in [1.54, 1.807) is 6.07 Å². The topological polar surface area (TPSA) is 62.0 Å². The normalized spacial score (nSPS) is 27.9. The molecule has 5 nitrogen and oxygen atoms in total. The maximum atomic E-state index is 8.90. The Balaban J connectivity index is 1.79. The lowest BCUT2D eigenvalue weighted by Gasteiger charge is -2.37. The minimum atomic E-state index is 0.205. The van der Waals surface area contributed by atoms with E-state index in [0.29, 0.717) is 17.6 Å². The van der Waals surface area contributed by atoms with Crippen LogP contribution in [0.15, 0.2) is 12.3 Å². The van der Waals surface area contributed by atoms with E-state index < -0.39 is 0 Å². The standard InChI is InChI=1S/C13H16N4O/c1-9-7-17(8-12(18-9)11-2-3-11)13-4-10(5-14)6-15-16-13/h4,6,9,11-12H,2-3,7-8H2,1H3. The number of rotatable bonds is 2. The number of hydrogen-bond acceptors (Lipinski definition) is 5. The van der Waals surface area contributed by atoms with Crippen molar-refractivity contribution in [3.05, 3.63) is 17.8 Å². The molecular formula is C13H16N4O. The zero-order chi connectivity index (χ0) is 12.5. The van der Waals surface area contributed by atoms with Gasteiger partial charge in [-0.25, -0.2) is 0 Å². The lowest BCUT2D eigenvalue weighted by molar-refractivity contribution is -0.0274. The van der Waals surface area contributed by atoms with Gasteiger partial charge in [0.1, 0.15) is 6.07 Å². The molecule has 2 unspecified atom stereocenters. The van der Waals surface area contributed by atoms with E-state index in [2.05, 4.69) is 28.1 Å². The molecule has 1 aromatic rings. The maximum absolute atomic E-state index is 8.90. The Morgan fingerprint density at radius 2 is 2.28 bits per heavy atom. The SMILES string of the molecule is CC1CN(c2cc(C#N)cnn2)CC(C2CC2)O1. The molecule has 1 saturated carbocycles. The van der Waals surface area contributed by atoms with Gasteiger partial charge in [-0.15, -0.1) is 5.10 Å². The van der Waals surface area contributed by atoms with Crippen LogP contribution in [0.1, 0.15) is 25.3 Å². The zero-order valence-corrected chi connectivity index (χ0v) is 10.4. The minimum Gasteiger partial charge on any atom is -0.371 e. The lowest BCUT2D eigenvalue weighted by atomic mass is 10.1. The van der Waals surface area contributed by atoms with Gasteiger partial charge < -0.3 is 9.64 Å². The predicted molar refractivity (Wildman–Crippen MR) is 66.0 cm³/mol. The van der Waals surface area contributed by atoms with Gasteiger partial charge in [-0.1, -0.05) is 0 Å². The van der Waals surface area contributed by atoms with Gasteiger partial charge in [-0.2, -0.15) is 10.4 Å². The number of ether oxygens (including phenoxy) is 1. The first-order chi connectivity index (χ1) is 8.76. The van der Waals surface area contributed by atoms with E-state index in [9.17, 15) is 0 Å². The fraction of sp³-hybridized carbons (Fsp3) is 0.615. The van der Waals surface area contributed by atoms with Gasteiger partial charge in [0.2, 0.25) is 0 Å². The summed E-state index contributed by atoms with van der Waals surface area (Å²) in [6.45, 7) is 3.76. The van der Waals surface area contributed by atoms with Gasteiger partial charge in [0.05, 0.1) is 24.0 Å². The summed E-state index contributed by atoms with van der Waals surface area (Å²) in [5, 5.41) is 16.9. The number of aromatic nitrogens is 2. The summed E-state index contributed by atoms with van der Waals surface area (Å²) in [4.78, 5) is 2.19. The maximum Gasteiger partial charge on any atom is 0.152 e. The van der Waals surface area contributed by atoms with E-state index in [-0.39, 0.29) is 6.10 Å². The Labute approximate surface area is 106 Å². The first-order valence-electron chi connectivity index (χ1n) is 6.39. The van der Waals surface area contributed by atoms with Gasteiger partial charge in [-0.3, -0.25) is 0 Å². The molecule has 2 atom stereocenters. The monoisotopic (exact) mass is 244 g/mol. The van der Waals surface area contributed by atoms with Crippen molar-refractivity contribution in [3.63, 3.8) is 0 Å². The van der Waals surface area contributed by atoms with Crippen LogP contribution in [0, 0.1) is 17.2 Å². The van der Waals surface area contributed by atoms with Crippen LogP contribution in [0.4, 0.5) is 5.82 Å². The lowest BCUT2D eigenvalue weighted by Crippen LogP contribution is -2.48. The van der Waals surface area contributed by atoms with Crippen LogP contribution in [0.3, 0.4) is 0 Å². The highest BCUT2D eigenvalue weighted by Crippen LogP contribution is 2.37. The smallest absolute Gasteiger partial charge is 0.152 e. The average Bonchev–Trinajstić information content (AvgIpc) is 3.22. The molecule has 3 rings (SSSR count). The van der Waals surface area contributed by atoms with Crippen molar-refractivity contribution in [3.8, 4) is 6.07 Å². The molecule has 18 heavy (non-hydrogen) atoms. The summed E-state index contributed by atoms with van der Waals surface area (Å²) >= 11 is 0. The van der Waals surface area contributed by atoms with Gasteiger partial charge >= 0.3 is 0 Å². The molecule has 1 aliphatic heterocycles. The van der Waals surface area contributed by atoms with Gasteiger partial charge in [0.25, 0.3) is 0 Å². The van der Waals surface area contributed by atoms with Crippen molar-refractivity contribution in [2.24, 2.45) is 5.92 Å². The second kappa shape index (κ2) is 4.54. The summed E-state index contributed by atoms with van der Waals surface area (Å²) < 4.78 is 5.96. The molecule has 0 bridgehead atoms. The second-order valence-corrected chi connectivity index (χ2v) is 5.14. The predicted octanol–water partition coefficient (Wildman–Crippen LogP) is 1.35. The van der Waals surface area contributed by atoms with Gasteiger partial charge in [-0.05, 0) is 25.7 Å². The quantitative estimate of drug-likeness (QED) is 0.786. The molecule has 0 amide bonds. The molecule has 94 valence electrons. The van der Waals surface area contributed by atoms with Crippen LogP contribution < -0.4 is 4.90 Å². The van der Waals surface area contributed by atoms with Crippen LogP contribution in [-0.2, 0) is 4.74 Å². The molecule has 0 radical (unpaired) electrons. The summed E-state index contributed by atoms with van der Waals surface area (Å²) in [7, 11) is 0. The van der Waals surface area contributed by atoms with Crippen LogP contribution >= 0.6 is 0 Å². The first-order valence-corrected chi connectivity index (χ1v) is 6.39. The molecule has 0 N–H and O–H groups in total. The Kier molecular flexibility index (Phi) is 2.88. The molecule has 2 aliphatic rings. The average molecular weight is 244 g/mol. The van der Waals surface area contributed by atoms with E-state index >= 15 is 0 Å². The van der Waals surface area contributed by atoms with Crippen molar-refractivity contribution in [1.29, 1.82) is 5.26 Å². The summed E-state index contributed by atoms with van der Waals surface area (Å²) in [5.74, 6) is 1.50. The number of hydrogen-bond donors (Lipinski definition) is 0. The van der Waals surface area contributed by atoms with Crippen molar-refractivity contribution in [2.75, 3.05) is 18.0 Å². The molecule has 0 aromatic carbocycles. The molecule has 1 aromatic heterocycles. The van der Waals surface area contributed by atoms with Gasteiger partial charge in [0, 0.05) is 19.2 Å². The number of nitriles is 1. The van der Waals surface area contributed by atoms with Crippen molar-refractivity contribution in [2.45, 2.75) is 32.0 Å². The summed E-state index contributed by atoms with van der Waals surface area (Å²) in [5.41, 5.74) is 0.558. The molecule has 1 saturated heterocycles. The van der Waals surface area contributed by atoms with E-state index in [4.69, 9.17) is 10.00 Å². The fourth-order valence-corrected chi connectivity index (χ4v) is 2.47. The third-order valence-corrected chi connectivity index (χ3v) is 3.53. The number of morpholine rings is 1. The summed E-state index contributed by atoms with van der Waals surface area (Å²) in [6.07, 6.45) is 4.55. The second-order valence-electron chi connectivity index (χ2n) is 5.14. The zero-order valence-electron chi connectivity index (χ0n) is 10.4. The Morgan fingerprint density at radius 3 is 3.00 bits per heavy atom. The van der Waals surface area contributed by atoms with Crippen LogP contribution in [0.25, 0.3) is 0 Å². The third kappa shape index (κ3) is 2.29. The molecule has 1 aliphatic carbocycles. The minimum absolute atomic E-state index is 0.205. The first kappa shape index (κ1) is 11.4. The highest BCUT2D eigenvalue weighted by Gasteiger charge is 2.37. The van der Waals surface area contributed by atoms with Gasteiger partial charge in [0.15, 0.2) is 5.82 Å². The van der Waals surface area contributed by atoms with Crippen molar-refractivity contribution < 1.29 is 4.74 Å². The molecule has 2 heterocycles. The fourth-order valence-electron chi connectivity index (χ4n) is 2.47. The van der Waals surface area contributed by atoms with Crippen LogP contribution in [-0.4, -0.2) is 35.5 Å². The number of nitrogens with zero attached hydrogens (tertiary/aromatic N) is 4. The van der Waals surface area contributed by atoms with E-state index in [1.165, 1.54) is 19.0 Å². The van der Waals surface area contributed by atoms with E-state index in [0.717, 1.165) is 18.9 Å². The van der Waals surface area contributed by atoms with Crippen molar-refractivity contribution >= 4 is 5.82 Å². The Hall–Kier alpha value is -1.67.